The average Bonchev–Trinajstić information content (AvgIpc) is 3.06. The van der Waals surface area contributed by atoms with Crippen molar-refractivity contribution in [1.29, 1.82) is 0 Å². The van der Waals surface area contributed by atoms with Gasteiger partial charge in [0, 0.05) is 36.8 Å². The van der Waals surface area contributed by atoms with Crippen molar-refractivity contribution in [3.05, 3.63) is 119 Å². The Balaban J connectivity index is 1.21. The number of hydrogen-bond donors (Lipinski definition) is 0. The molecule has 218 valence electrons. The SMILES string of the molecule is CCC(=O)OC1CC=Cc2ccc(-c3ccc4cc5cc(-c6ccc7c(c6)C(OC(=O)CC)CC=C7)ccc5cc4c3)cc21. The van der Waals surface area contributed by atoms with Crippen LogP contribution in [-0.4, -0.2) is 11.9 Å². The highest BCUT2D eigenvalue weighted by molar-refractivity contribution is 6.01. The van der Waals surface area contributed by atoms with Crippen LogP contribution in [0.5, 0.6) is 0 Å². The summed E-state index contributed by atoms with van der Waals surface area (Å²) in [7, 11) is 0. The van der Waals surface area contributed by atoms with E-state index in [1.807, 2.05) is 13.8 Å². The van der Waals surface area contributed by atoms with E-state index in [9.17, 15) is 9.59 Å². The molecule has 2 unspecified atom stereocenters. The Morgan fingerprint density at radius 3 is 1.39 bits per heavy atom. The van der Waals surface area contributed by atoms with E-state index < -0.39 is 0 Å². The third-order valence-electron chi connectivity index (χ3n) is 8.75. The van der Waals surface area contributed by atoms with Crippen molar-refractivity contribution in [1.82, 2.24) is 0 Å². The van der Waals surface area contributed by atoms with Crippen LogP contribution in [0, 0.1) is 0 Å². The van der Waals surface area contributed by atoms with Crippen molar-refractivity contribution in [2.75, 3.05) is 0 Å². The number of fused-ring (bicyclic) bond motifs is 4. The van der Waals surface area contributed by atoms with Gasteiger partial charge in [-0.2, -0.15) is 0 Å². The van der Waals surface area contributed by atoms with Gasteiger partial charge < -0.3 is 9.47 Å². The highest BCUT2D eigenvalue weighted by Crippen LogP contribution is 2.38. The van der Waals surface area contributed by atoms with Crippen LogP contribution in [-0.2, 0) is 19.1 Å². The lowest BCUT2D eigenvalue weighted by molar-refractivity contribution is -0.149. The van der Waals surface area contributed by atoms with Crippen LogP contribution in [0.3, 0.4) is 0 Å². The summed E-state index contributed by atoms with van der Waals surface area (Å²) < 4.78 is 11.5. The summed E-state index contributed by atoms with van der Waals surface area (Å²) >= 11 is 0. The molecule has 0 aromatic heterocycles. The van der Waals surface area contributed by atoms with Gasteiger partial charge in [0.05, 0.1) is 0 Å². The van der Waals surface area contributed by atoms with Gasteiger partial charge in [-0.15, -0.1) is 0 Å². The van der Waals surface area contributed by atoms with E-state index in [0.717, 1.165) is 44.5 Å². The molecule has 0 saturated carbocycles. The van der Waals surface area contributed by atoms with Crippen molar-refractivity contribution < 1.29 is 19.1 Å². The first kappa shape index (κ1) is 27.8. The fourth-order valence-corrected chi connectivity index (χ4v) is 6.32. The van der Waals surface area contributed by atoms with Crippen LogP contribution in [0.2, 0.25) is 0 Å². The maximum atomic E-state index is 12.1. The van der Waals surface area contributed by atoms with E-state index >= 15 is 0 Å². The average molecular weight is 579 g/mol. The second-order valence-corrected chi connectivity index (χ2v) is 11.6. The molecular formula is C40H34O4. The van der Waals surface area contributed by atoms with E-state index in [1.165, 1.54) is 21.5 Å². The standard InChI is InChI=1S/C40H34O4/c1-3-39(41)43-37-9-5-7-25-11-13-31(23-35(25)37)27-15-17-29-22-34-20-28(16-18-30(34)21-33(29)19-27)32-14-12-26-8-6-10-38(36(26)24-32)44-40(42)4-2/h5-8,11-24,37-38H,3-4,9-10H2,1-2H3. The summed E-state index contributed by atoms with van der Waals surface area (Å²) in [4.78, 5) is 24.1. The second-order valence-electron chi connectivity index (χ2n) is 11.6. The van der Waals surface area contributed by atoms with Gasteiger partial charge in [-0.1, -0.05) is 86.7 Å². The summed E-state index contributed by atoms with van der Waals surface area (Å²) in [5, 5.41) is 4.71. The van der Waals surface area contributed by atoms with E-state index in [0.29, 0.717) is 25.7 Å². The molecule has 0 saturated heterocycles. The topological polar surface area (TPSA) is 52.6 Å². The van der Waals surface area contributed by atoms with Gasteiger partial charge in [-0.3, -0.25) is 9.59 Å². The molecule has 5 aromatic rings. The maximum absolute atomic E-state index is 12.1. The predicted molar refractivity (Wildman–Crippen MR) is 178 cm³/mol. The van der Waals surface area contributed by atoms with Gasteiger partial charge >= 0.3 is 11.9 Å². The summed E-state index contributed by atoms with van der Waals surface area (Å²) in [6, 6.07) is 30.5. The lowest BCUT2D eigenvalue weighted by Crippen LogP contribution is -2.13. The molecule has 2 atom stereocenters. The number of esters is 2. The molecule has 0 spiro atoms. The molecule has 0 fully saturated rings. The Morgan fingerprint density at radius 2 is 0.955 bits per heavy atom. The molecule has 0 bridgehead atoms. The van der Waals surface area contributed by atoms with Crippen LogP contribution in [0.1, 0.15) is 74.0 Å². The molecular weight excluding hydrogens is 544 g/mol. The Bertz CT molecular complexity index is 1850. The first-order valence-corrected chi connectivity index (χ1v) is 15.5. The van der Waals surface area contributed by atoms with Gasteiger partial charge in [-0.25, -0.2) is 0 Å². The highest BCUT2D eigenvalue weighted by Gasteiger charge is 2.22. The normalized spacial score (nSPS) is 16.9. The molecule has 4 heteroatoms. The molecule has 0 amide bonds. The smallest absolute Gasteiger partial charge is 0.306 e. The fraction of sp³-hybridized carbons (Fsp3) is 0.200. The molecule has 2 aliphatic rings. The molecule has 4 nitrogen and oxygen atoms in total. The van der Waals surface area contributed by atoms with Gasteiger partial charge in [0.25, 0.3) is 0 Å². The first-order valence-electron chi connectivity index (χ1n) is 15.5. The van der Waals surface area contributed by atoms with E-state index in [1.54, 1.807) is 0 Å². The van der Waals surface area contributed by atoms with Crippen LogP contribution < -0.4 is 0 Å². The number of carbonyl (C=O) groups is 2. The molecule has 0 N–H and O–H groups in total. The molecule has 0 aliphatic heterocycles. The predicted octanol–water partition coefficient (Wildman–Crippen LogP) is 10.1. The minimum atomic E-state index is -0.246. The van der Waals surface area contributed by atoms with Gasteiger partial charge in [-0.05, 0) is 91.3 Å². The van der Waals surface area contributed by atoms with Crippen molar-refractivity contribution >= 4 is 45.6 Å². The molecule has 7 rings (SSSR count). The summed E-state index contributed by atoms with van der Waals surface area (Å²) in [5.74, 6) is -0.347. The third-order valence-corrected chi connectivity index (χ3v) is 8.75. The summed E-state index contributed by atoms with van der Waals surface area (Å²) in [5.41, 5.74) is 8.81. The minimum absolute atomic E-state index is 0.173. The number of benzene rings is 5. The Kier molecular flexibility index (Phi) is 7.35. The number of rotatable bonds is 6. The van der Waals surface area contributed by atoms with E-state index in [-0.39, 0.29) is 24.1 Å². The summed E-state index contributed by atoms with van der Waals surface area (Å²) in [6.07, 6.45) is 10.0. The molecule has 2 aliphatic carbocycles. The zero-order chi connectivity index (χ0) is 30.2. The number of carbonyl (C=O) groups excluding carboxylic acids is 2. The van der Waals surface area contributed by atoms with Crippen LogP contribution in [0.25, 0.3) is 56.0 Å². The zero-order valence-corrected chi connectivity index (χ0v) is 25.0. The molecule has 5 aromatic carbocycles. The van der Waals surface area contributed by atoms with E-state index in [2.05, 4.69) is 109 Å². The number of ether oxygens (including phenoxy) is 2. The van der Waals surface area contributed by atoms with Crippen LogP contribution >= 0.6 is 0 Å². The van der Waals surface area contributed by atoms with Crippen molar-refractivity contribution in [2.45, 2.75) is 51.7 Å². The van der Waals surface area contributed by atoms with Gasteiger partial charge in [0.15, 0.2) is 0 Å². The first-order chi connectivity index (χ1) is 21.5. The molecule has 44 heavy (non-hydrogen) atoms. The molecule has 0 heterocycles. The highest BCUT2D eigenvalue weighted by atomic mass is 16.5. The van der Waals surface area contributed by atoms with Crippen LogP contribution in [0.15, 0.2) is 97.1 Å². The summed E-state index contributed by atoms with van der Waals surface area (Å²) in [6.45, 7) is 3.65. The van der Waals surface area contributed by atoms with Gasteiger partial charge in [0.1, 0.15) is 12.2 Å². The molecule has 0 radical (unpaired) electrons. The quantitative estimate of drug-likeness (QED) is 0.149. The Hall–Kier alpha value is -4.96. The van der Waals surface area contributed by atoms with Gasteiger partial charge in [0.2, 0.25) is 0 Å². The Morgan fingerprint density at radius 1 is 0.545 bits per heavy atom. The Labute approximate surface area is 257 Å². The third kappa shape index (κ3) is 5.33. The van der Waals surface area contributed by atoms with Crippen LogP contribution in [0.4, 0.5) is 0 Å². The largest absolute Gasteiger partial charge is 0.457 e. The lowest BCUT2D eigenvalue weighted by atomic mass is 9.90. The maximum Gasteiger partial charge on any atom is 0.306 e. The number of hydrogen-bond acceptors (Lipinski definition) is 4. The fourth-order valence-electron chi connectivity index (χ4n) is 6.32. The van der Waals surface area contributed by atoms with E-state index in [4.69, 9.17) is 9.47 Å². The lowest BCUT2D eigenvalue weighted by Gasteiger charge is -2.23. The van der Waals surface area contributed by atoms with Crippen molar-refractivity contribution in [2.24, 2.45) is 0 Å². The monoisotopic (exact) mass is 578 g/mol. The second kappa shape index (κ2) is 11.6. The zero-order valence-electron chi connectivity index (χ0n) is 25.0. The van der Waals surface area contributed by atoms with Crippen molar-refractivity contribution in [3.8, 4) is 22.3 Å². The minimum Gasteiger partial charge on any atom is -0.457 e. The van der Waals surface area contributed by atoms with Crippen molar-refractivity contribution in [3.63, 3.8) is 0 Å².